The van der Waals surface area contributed by atoms with Gasteiger partial charge in [0, 0.05) is 17.6 Å². The highest BCUT2D eigenvalue weighted by atomic mass is 16.2. The van der Waals surface area contributed by atoms with Gasteiger partial charge in [-0.2, -0.15) is 15.0 Å². The van der Waals surface area contributed by atoms with E-state index in [4.69, 9.17) is 0 Å². The van der Waals surface area contributed by atoms with Crippen molar-refractivity contribution < 1.29 is 4.79 Å². The Morgan fingerprint density at radius 2 is 1.56 bits per heavy atom. The number of carbonyl (C=O) groups is 1. The van der Waals surface area contributed by atoms with Gasteiger partial charge in [-0.3, -0.25) is 4.79 Å². The number of fused-ring (bicyclic) bond motifs is 3. The molecule has 2 bridgehead atoms. The second kappa shape index (κ2) is 5.69. The van der Waals surface area contributed by atoms with Gasteiger partial charge in [-0.05, 0) is 42.5 Å². The molecule has 0 N–H and O–H groups in total. The monoisotopic (exact) mass is 332 g/mol. The Morgan fingerprint density at radius 3 is 2.32 bits per heavy atom. The van der Waals surface area contributed by atoms with Crippen LogP contribution in [0.15, 0.2) is 54.9 Å². The molecule has 0 spiro atoms. The van der Waals surface area contributed by atoms with Gasteiger partial charge in [0.1, 0.15) is 0 Å². The molecule has 1 aromatic heterocycles. The molecule has 1 amide bonds. The molecular weight excluding hydrogens is 312 g/mol. The summed E-state index contributed by atoms with van der Waals surface area (Å²) in [6.45, 7) is 0. The lowest BCUT2D eigenvalue weighted by molar-refractivity contribution is 0.0514. The van der Waals surface area contributed by atoms with Crippen LogP contribution in [-0.2, 0) is 0 Å². The third-order valence-corrected chi connectivity index (χ3v) is 5.73. The third kappa shape index (κ3) is 2.34. The summed E-state index contributed by atoms with van der Waals surface area (Å²) in [5.74, 6) is 0.177. The van der Waals surface area contributed by atoms with Crippen molar-refractivity contribution in [3.63, 3.8) is 0 Å². The van der Waals surface area contributed by atoms with Crippen molar-refractivity contribution in [2.24, 2.45) is 0 Å². The van der Waals surface area contributed by atoms with Crippen molar-refractivity contribution in [2.75, 3.05) is 0 Å². The molecule has 2 saturated heterocycles. The number of nitrogens with zero attached hydrogens (tertiary/aromatic N) is 4. The second-order valence-electron chi connectivity index (χ2n) is 7.10. The van der Waals surface area contributed by atoms with E-state index in [2.05, 4.69) is 27.2 Å². The van der Waals surface area contributed by atoms with Gasteiger partial charge in [0.25, 0.3) is 5.91 Å². The van der Waals surface area contributed by atoms with Crippen LogP contribution in [0.25, 0.3) is 10.8 Å². The van der Waals surface area contributed by atoms with Crippen LogP contribution in [0.3, 0.4) is 0 Å². The minimum Gasteiger partial charge on any atom is -0.332 e. The molecule has 2 atom stereocenters. The summed E-state index contributed by atoms with van der Waals surface area (Å²) in [7, 11) is 0. The topological polar surface area (TPSA) is 51.0 Å². The smallest absolute Gasteiger partial charge is 0.254 e. The quantitative estimate of drug-likeness (QED) is 0.722. The Labute approximate surface area is 146 Å². The molecule has 2 fully saturated rings. The summed E-state index contributed by atoms with van der Waals surface area (Å²) >= 11 is 0. The summed E-state index contributed by atoms with van der Waals surface area (Å²) < 4.78 is 0. The zero-order chi connectivity index (χ0) is 16.8. The first-order valence-corrected chi connectivity index (χ1v) is 8.97. The Hall–Kier alpha value is -2.69. The SMILES string of the molecule is O=C(c1cccc2ccccc12)N1C2CCC1CC(n1nccn1)C2. The van der Waals surface area contributed by atoms with E-state index >= 15 is 0 Å². The van der Waals surface area contributed by atoms with Crippen LogP contribution in [0.4, 0.5) is 0 Å². The molecule has 2 aliphatic rings. The molecule has 2 aromatic carbocycles. The third-order valence-electron chi connectivity index (χ3n) is 5.73. The molecule has 0 saturated carbocycles. The molecule has 0 aliphatic carbocycles. The zero-order valence-electron chi connectivity index (χ0n) is 14.0. The number of aromatic nitrogens is 3. The van der Waals surface area contributed by atoms with E-state index in [-0.39, 0.29) is 5.91 Å². The van der Waals surface area contributed by atoms with Crippen molar-refractivity contribution in [2.45, 2.75) is 43.8 Å². The fourth-order valence-corrected chi connectivity index (χ4v) is 4.63. The molecule has 5 heteroatoms. The fraction of sp³-hybridized carbons (Fsp3) is 0.350. The van der Waals surface area contributed by atoms with E-state index in [9.17, 15) is 4.79 Å². The van der Waals surface area contributed by atoms with Crippen LogP contribution < -0.4 is 0 Å². The Morgan fingerprint density at radius 1 is 0.880 bits per heavy atom. The average molecular weight is 332 g/mol. The van der Waals surface area contributed by atoms with Gasteiger partial charge in [0.15, 0.2) is 0 Å². The van der Waals surface area contributed by atoms with Crippen molar-refractivity contribution in [1.29, 1.82) is 0 Å². The lowest BCUT2D eigenvalue weighted by atomic mass is 9.95. The van der Waals surface area contributed by atoms with E-state index in [0.717, 1.165) is 42.0 Å². The van der Waals surface area contributed by atoms with Crippen LogP contribution in [0.5, 0.6) is 0 Å². The van der Waals surface area contributed by atoms with E-state index < -0.39 is 0 Å². The van der Waals surface area contributed by atoms with Crippen molar-refractivity contribution >= 4 is 16.7 Å². The van der Waals surface area contributed by atoms with Gasteiger partial charge in [0.05, 0.1) is 18.4 Å². The minimum atomic E-state index is 0.177. The van der Waals surface area contributed by atoms with Gasteiger partial charge in [0.2, 0.25) is 0 Å². The van der Waals surface area contributed by atoms with Gasteiger partial charge >= 0.3 is 0 Å². The molecule has 126 valence electrons. The Bertz CT molecular complexity index is 901. The number of hydrogen-bond acceptors (Lipinski definition) is 3. The first-order chi connectivity index (χ1) is 12.3. The predicted molar refractivity (Wildman–Crippen MR) is 95.2 cm³/mol. The van der Waals surface area contributed by atoms with Crippen LogP contribution in [-0.4, -0.2) is 37.9 Å². The highest BCUT2D eigenvalue weighted by Gasteiger charge is 2.44. The van der Waals surface area contributed by atoms with E-state index in [1.807, 2.05) is 35.1 Å². The molecule has 0 radical (unpaired) electrons. The average Bonchev–Trinajstić information content (AvgIpc) is 3.27. The number of rotatable bonds is 2. The maximum absolute atomic E-state index is 13.4. The number of amides is 1. The van der Waals surface area contributed by atoms with Crippen LogP contribution in [0, 0.1) is 0 Å². The molecule has 5 rings (SSSR count). The van der Waals surface area contributed by atoms with Crippen molar-refractivity contribution in [1.82, 2.24) is 19.9 Å². The summed E-state index contributed by atoms with van der Waals surface area (Å²) in [5, 5.41) is 10.8. The fourth-order valence-electron chi connectivity index (χ4n) is 4.63. The number of benzene rings is 2. The standard InChI is InChI=1S/C20H20N4O/c25-20(19-7-3-5-14-4-1-2-6-18(14)19)23-15-8-9-16(23)13-17(12-15)24-21-10-11-22-24/h1-7,10-11,15-17H,8-9,12-13H2. The lowest BCUT2D eigenvalue weighted by Gasteiger charge is -2.38. The first-order valence-electron chi connectivity index (χ1n) is 8.97. The summed E-state index contributed by atoms with van der Waals surface area (Å²) in [5.41, 5.74) is 0.825. The molecule has 25 heavy (non-hydrogen) atoms. The summed E-state index contributed by atoms with van der Waals surface area (Å²) in [6.07, 6.45) is 7.52. The molecule has 5 nitrogen and oxygen atoms in total. The van der Waals surface area contributed by atoms with Crippen molar-refractivity contribution in [3.8, 4) is 0 Å². The number of carbonyl (C=O) groups excluding carboxylic acids is 1. The van der Waals surface area contributed by atoms with E-state index in [0.29, 0.717) is 18.1 Å². The molecular formula is C20H20N4O. The molecule has 3 aromatic rings. The highest BCUT2D eigenvalue weighted by molar-refractivity contribution is 6.07. The first kappa shape index (κ1) is 14.6. The number of hydrogen-bond donors (Lipinski definition) is 0. The van der Waals surface area contributed by atoms with Crippen LogP contribution >= 0.6 is 0 Å². The normalized spacial score (nSPS) is 25.4. The summed E-state index contributed by atoms with van der Waals surface area (Å²) in [4.78, 5) is 17.3. The van der Waals surface area contributed by atoms with Gasteiger partial charge in [-0.1, -0.05) is 36.4 Å². The van der Waals surface area contributed by atoms with Gasteiger partial charge < -0.3 is 4.90 Å². The lowest BCUT2D eigenvalue weighted by Crippen LogP contribution is -2.47. The molecule has 2 aliphatic heterocycles. The highest BCUT2D eigenvalue weighted by Crippen LogP contribution is 2.41. The maximum atomic E-state index is 13.4. The van der Waals surface area contributed by atoms with E-state index in [1.165, 1.54) is 0 Å². The number of piperidine rings is 1. The van der Waals surface area contributed by atoms with Crippen LogP contribution in [0.1, 0.15) is 42.1 Å². The molecule has 3 heterocycles. The van der Waals surface area contributed by atoms with Gasteiger partial charge in [-0.15, -0.1) is 0 Å². The minimum absolute atomic E-state index is 0.177. The van der Waals surface area contributed by atoms with Crippen LogP contribution in [0.2, 0.25) is 0 Å². The predicted octanol–water partition coefficient (Wildman–Crippen LogP) is 3.44. The molecule has 2 unspecified atom stereocenters. The summed E-state index contributed by atoms with van der Waals surface area (Å²) in [6, 6.07) is 15.0. The maximum Gasteiger partial charge on any atom is 0.254 e. The Balaban J connectivity index is 1.47. The van der Waals surface area contributed by atoms with Gasteiger partial charge in [-0.25, -0.2) is 0 Å². The zero-order valence-corrected chi connectivity index (χ0v) is 14.0. The van der Waals surface area contributed by atoms with Crippen molar-refractivity contribution in [3.05, 3.63) is 60.4 Å². The largest absolute Gasteiger partial charge is 0.332 e. The second-order valence-corrected chi connectivity index (χ2v) is 7.10. The Kier molecular flexibility index (Phi) is 3.33. The van der Waals surface area contributed by atoms with E-state index in [1.54, 1.807) is 12.4 Å².